The summed E-state index contributed by atoms with van der Waals surface area (Å²) in [5, 5.41) is 9.92. The van der Waals surface area contributed by atoms with Gasteiger partial charge in [-0.25, -0.2) is 0 Å². The first-order chi connectivity index (χ1) is 11.4. The largest absolute Gasteiger partial charge is 0.435 e. The molecule has 0 aliphatic heterocycles. The zero-order valence-corrected chi connectivity index (χ0v) is 13.1. The number of hydrogen-bond acceptors (Lipinski definition) is 4. The van der Waals surface area contributed by atoms with E-state index in [1.54, 1.807) is 6.92 Å². The molecule has 0 saturated heterocycles. The van der Waals surface area contributed by atoms with E-state index in [0.29, 0.717) is 35.4 Å². The number of fused-ring (bicyclic) bond motifs is 1. The molecule has 0 spiro atoms. The van der Waals surface area contributed by atoms with Gasteiger partial charge in [0, 0.05) is 17.8 Å². The second-order valence-corrected chi connectivity index (χ2v) is 5.75. The number of amides is 1. The molecule has 2 heterocycles. The predicted molar refractivity (Wildman–Crippen MR) is 77.4 cm³/mol. The first kappa shape index (κ1) is 16.5. The van der Waals surface area contributed by atoms with E-state index in [1.165, 1.54) is 10.9 Å². The topological polar surface area (TPSA) is 73.0 Å². The van der Waals surface area contributed by atoms with Gasteiger partial charge in [-0.15, -0.1) is 0 Å². The van der Waals surface area contributed by atoms with Crippen molar-refractivity contribution >= 4 is 5.91 Å². The zero-order valence-electron chi connectivity index (χ0n) is 13.1. The third-order valence-electron chi connectivity index (χ3n) is 4.13. The minimum Gasteiger partial charge on any atom is -0.361 e. The Kier molecular flexibility index (Phi) is 4.33. The summed E-state index contributed by atoms with van der Waals surface area (Å²) in [7, 11) is 0. The van der Waals surface area contributed by atoms with Crippen molar-refractivity contribution in [1.82, 2.24) is 20.3 Å². The highest BCUT2D eigenvalue weighted by Gasteiger charge is 2.39. The van der Waals surface area contributed by atoms with Gasteiger partial charge in [-0.2, -0.15) is 18.3 Å². The van der Waals surface area contributed by atoms with Gasteiger partial charge < -0.3 is 9.84 Å². The number of rotatable bonds is 4. The minimum absolute atomic E-state index is 0.175. The van der Waals surface area contributed by atoms with Gasteiger partial charge in [-0.3, -0.25) is 9.48 Å². The Balaban J connectivity index is 1.70. The molecule has 6 nitrogen and oxygen atoms in total. The van der Waals surface area contributed by atoms with Gasteiger partial charge in [0.15, 0.2) is 5.69 Å². The van der Waals surface area contributed by atoms with Gasteiger partial charge in [0.2, 0.25) is 0 Å². The number of aryl methyl sites for hydroxylation is 1. The molecular weight excluding hydrogens is 325 g/mol. The smallest absolute Gasteiger partial charge is 0.361 e. The van der Waals surface area contributed by atoms with Crippen molar-refractivity contribution < 1.29 is 22.5 Å². The van der Waals surface area contributed by atoms with E-state index in [4.69, 9.17) is 4.52 Å². The number of carbonyl (C=O) groups excluding carboxylic acids is 1. The summed E-state index contributed by atoms with van der Waals surface area (Å²) < 4.78 is 45.5. The molecule has 0 fully saturated rings. The van der Waals surface area contributed by atoms with Crippen molar-refractivity contribution in [3.63, 3.8) is 0 Å². The SMILES string of the molecule is Cc1oncc1C(=O)NCCn1nc(C(F)(F)F)c2c1CCCC2. The lowest BCUT2D eigenvalue weighted by atomic mass is 9.95. The summed E-state index contributed by atoms with van der Waals surface area (Å²) in [6, 6.07) is 0. The monoisotopic (exact) mass is 342 g/mol. The van der Waals surface area contributed by atoms with E-state index in [0.717, 1.165) is 12.8 Å². The van der Waals surface area contributed by atoms with E-state index in [2.05, 4.69) is 15.6 Å². The lowest BCUT2D eigenvalue weighted by molar-refractivity contribution is -0.142. The fraction of sp³-hybridized carbons (Fsp3) is 0.533. The van der Waals surface area contributed by atoms with Crippen LogP contribution >= 0.6 is 0 Å². The molecule has 0 radical (unpaired) electrons. The van der Waals surface area contributed by atoms with Gasteiger partial charge in [-0.05, 0) is 32.6 Å². The summed E-state index contributed by atoms with van der Waals surface area (Å²) in [5.74, 6) is 0.0224. The molecule has 1 amide bonds. The van der Waals surface area contributed by atoms with Crippen molar-refractivity contribution in [3.8, 4) is 0 Å². The highest BCUT2D eigenvalue weighted by molar-refractivity contribution is 5.94. The van der Waals surface area contributed by atoms with E-state index < -0.39 is 11.9 Å². The fourth-order valence-electron chi connectivity index (χ4n) is 2.97. The predicted octanol–water partition coefficient (Wildman–Crippen LogP) is 2.51. The van der Waals surface area contributed by atoms with Crippen molar-refractivity contribution in [1.29, 1.82) is 0 Å². The van der Waals surface area contributed by atoms with Gasteiger partial charge >= 0.3 is 6.18 Å². The lowest BCUT2D eigenvalue weighted by Crippen LogP contribution is -2.28. The average molecular weight is 342 g/mol. The minimum atomic E-state index is -4.45. The van der Waals surface area contributed by atoms with Crippen molar-refractivity contribution in [2.75, 3.05) is 6.54 Å². The summed E-state index contributed by atoms with van der Waals surface area (Å²) in [6.07, 6.45) is -0.571. The van der Waals surface area contributed by atoms with Crippen LogP contribution in [0.4, 0.5) is 13.2 Å². The first-order valence-electron chi connectivity index (χ1n) is 7.73. The van der Waals surface area contributed by atoms with E-state index in [9.17, 15) is 18.0 Å². The van der Waals surface area contributed by atoms with Gasteiger partial charge in [-0.1, -0.05) is 5.16 Å². The molecule has 2 aromatic rings. The second-order valence-electron chi connectivity index (χ2n) is 5.75. The van der Waals surface area contributed by atoms with Crippen LogP contribution in [-0.2, 0) is 25.6 Å². The molecular formula is C15H17F3N4O2. The Labute approximate surface area is 136 Å². The number of nitrogens with one attached hydrogen (secondary N) is 1. The van der Waals surface area contributed by atoms with Crippen molar-refractivity contribution in [3.05, 3.63) is 34.5 Å². The highest BCUT2D eigenvalue weighted by atomic mass is 19.4. The van der Waals surface area contributed by atoms with E-state index in [-0.39, 0.29) is 19.0 Å². The van der Waals surface area contributed by atoms with Crippen LogP contribution < -0.4 is 5.32 Å². The van der Waals surface area contributed by atoms with Crippen LogP contribution in [0.5, 0.6) is 0 Å². The van der Waals surface area contributed by atoms with Crippen LogP contribution in [0, 0.1) is 6.92 Å². The number of carbonyl (C=O) groups is 1. The number of halogens is 3. The molecule has 0 atom stereocenters. The molecule has 3 rings (SSSR count). The van der Waals surface area contributed by atoms with Crippen LogP contribution in [-0.4, -0.2) is 27.4 Å². The third-order valence-corrected chi connectivity index (χ3v) is 4.13. The molecule has 0 bridgehead atoms. The third kappa shape index (κ3) is 3.15. The number of nitrogens with zero attached hydrogens (tertiary/aromatic N) is 3. The number of alkyl halides is 3. The van der Waals surface area contributed by atoms with Gasteiger partial charge in [0.25, 0.3) is 5.91 Å². The normalized spacial score (nSPS) is 14.5. The average Bonchev–Trinajstić information content (AvgIpc) is 3.11. The van der Waals surface area contributed by atoms with Gasteiger partial charge in [0.1, 0.15) is 11.3 Å². The maximum Gasteiger partial charge on any atom is 0.435 e. The quantitative estimate of drug-likeness (QED) is 0.927. The Bertz CT molecular complexity index is 748. The summed E-state index contributed by atoms with van der Waals surface area (Å²) >= 11 is 0. The van der Waals surface area contributed by atoms with Crippen LogP contribution in [0.3, 0.4) is 0 Å². The Hall–Kier alpha value is -2.32. The first-order valence-corrected chi connectivity index (χ1v) is 7.73. The van der Waals surface area contributed by atoms with Gasteiger partial charge in [0.05, 0.1) is 12.7 Å². The molecule has 0 unspecified atom stereocenters. The molecule has 0 aromatic carbocycles. The number of aromatic nitrogens is 3. The number of hydrogen-bond donors (Lipinski definition) is 1. The highest BCUT2D eigenvalue weighted by Crippen LogP contribution is 2.35. The molecule has 2 aromatic heterocycles. The standard InChI is InChI=1S/C15H17F3N4O2/c1-9-11(8-20-24-9)14(23)19-6-7-22-12-5-3-2-4-10(12)13(21-22)15(16,17)18/h8H,2-7H2,1H3,(H,19,23). The molecule has 1 aliphatic carbocycles. The zero-order chi connectivity index (χ0) is 17.3. The van der Waals surface area contributed by atoms with Crippen LogP contribution in [0.15, 0.2) is 10.7 Å². The molecule has 0 saturated carbocycles. The fourth-order valence-corrected chi connectivity index (χ4v) is 2.97. The Morgan fingerprint density at radius 1 is 1.38 bits per heavy atom. The Morgan fingerprint density at radius 2 is 2.12 bits per heavy atom. The summed E-state index contributed by atoms with van der Waals surface area (Å²) in [5.41, 5.74) is 0.450. The summed E-state index contributed by atoms with van der Waals surface area (Å²) in [6.45, 7) is 1.98. The second kappa shape index (κ2) is 6.29. The molecule has 24 heavy (non-hydrogen) atoms. The maximum atomic E-state index is 13.1. The van der Waals surface area contributed by atoms with E-state index in [1.807, 2.05) is 0 Å². The van der Waals surface area contributed by atoms with Crippen molar-refractivity contribution in [2.24, 2.45) is 0 Å². The lowest BCUT2D eigenvalue weighted by Gasteiger charge is -2.14. The van der Waals surface area contributed by atoms with Crippen LogP contribution in [0.1, 0.15) is 45.9 Å². The van der Waals surface area contributed by atoms with Crippen LogP contribution in [0.2, 0.25) is 0 Å². The van der Waals surface area contributed by atoms with E-state index >= 15 is 0 Å². The van der Waals surface area contributed by atoms with Crippen molar-refractivity contribution in [2.45, 2.75) is 45.3 Å². The molecule has 9 heteroatoms. The van der Waals surface area contributed by atoms with Crippen LogP contribution in [0.25, 0.3) is 0 Å². The summed E-state index contributed by atoms with van der Waals surface area (Å²) in [4.78, 5) is 11.9. The molecule has 1 aliphatic rings. The molecule has 1 N–H and O–H groups in total. The Morgan fingerprint density at radius 3 is 2.79 bits per heavy atom. The molecule has 130 valence electrons. The maximum absolute atomic E-state index is 13.1.